The number of hydrogen-bond donors (Lipinski definition) is 4. The molecule has 0 spiro atoms. The molecule has 4 amide bonds. The first-order valence-corrected chi connectivity index (χ1v) is 15.0. The Labute approximate surface area is 241 Å². The van der Waals surface area contributed by atoms with E-state index in [2.05, 4.69) is 40.1 Å². The zero-order valence-corrected chi connectivity index (χ0v) is 25.1. The standard InChI is InChI=1S/C30H43N5O4S/c1-17(2)12-21-26(36)33-23(15-20-10-8-7-9-11-20)28(38)31-22(13-18(3)4)27(37)34-24(14-19(5)6)30-35-25(16-40-30)29(39)32-21/h7-11,16-19,21-24H,12-15H2,1-6H3,(H,31,38)(H,32,39)(H,33,36)(H,34,37)/t21-,22-,23-,24-/m0/s1. The number of amides is 4. The van der Waals surface area contributed by atoms with Crippen molar-refractivity contribution >= 4 is 35.0 Å². The average Bonchev–Trinajstić information content (AvgIpc) is 3.37. The van der Waals surface area contributed by atoms with Gasteiger partial charge in [0.25, 0.3) is 5.91 Å². The zero-order valence-electron chi connectivity index (χ0n) is 24.3. The largest absolute Gasteiger partial charge is 0.345 e. The normalized spacial score (nSPS) is 22.8. The smallest absolute Gasteiger partial charge is 0.271 e. The van der Waals surface area contributed by atoms with Gasteiger partial charge < -0.3 is 21.3 Å². The van der Waals surface area contributed by atoms with E-state index in [0.29, 0.717) is 24.3 Å². The highest BCUT2D eigenvalue weighted by Gasteiger charge is 2.33. The number of thiazole rings is 1. The van der Waals surface area contributed by atoms with E-state index in [0.717, 1.165) is 5.56 Å². The fraction of sp³-hybridized carbons (Fsp3) is 0.567. The highest BCUT2D eigenvalue weighted by atomic mass is 32.1. The maximum absolute atomic E-state index is 13.7. The van der Waals surface area contributed by atoms with Gasteiger partial charge in [0.05, 0.1) is 6.04 Å². The van der Waals surface area contributed by atoms with Gasteiger partial charge in [-0.2, -0.15) is 0 Å². The molecule has 2 aromatic rings. The molecule has 1 aromatic heterocycles. The average molecular weight is 570 g/mol. The van der Waals surface area contributed by atoms with E-state index < -0.39 is 41.9 Å². The fourth-order valence-corrected chi connectivity index (χ4v) is 5.62. The molecule has 3 rings (SSSR count). The molecule has 1 aromatic carbocycles. The molecule has 218 valence electrons. The third-order valence-electron chi connectivity index (χ3n) is 6.66. The first kappa shape index (κ1) is 31.3. The van der Waals surface area contributed by atoms with Gasteiger partial charge in [-0.15, -0.1) is 11.3 Å². The predicted molar refractivity (Wildman–Crippen MR) is 157 cm³/mol. The molecule has 4 N–H and O–H groups in total. The highest BCUT2D eigenvalue weighted by molar-refractivity contribution is 7.09. The Hall–Kier alpha value is -3.27. The number of hydrogen-bond acceptors (Lipinski definition) is 6. The van der Waals surface area contributed by atoms with Crippen molar-refractivity contribution in [2.75, 3.05) is 0 Å². The van der Waals surface area contributed by atoms with Crippen molar-refractivity contribution in [2.45, 2.75) is 91.4 Å². The minimum Gasteiger partial charge on any atom is -0.345 e. The molecular weight excluding hydrogens is 526 g/mol. The van der Waals surface area contributed by atoms with E-state index in [1.54, 1.807) is 5.38 Å². The summed E-state index contributed by atoms with van der Waals surface area (Å²) in [6.45, 7) is 12.0. The van der Waals surface area contributed by atoms with Gasteiger partial charge in [0.2, 0.25) is 17.7 Å². The van der Waals surface area contributed by atoms with Gasteiger partial charge in [0.15, 0.2) is 0 Å². The number of carbonyl (C=O) groups excluding carboxylic acids is 4. The Bertz CT molecular complexity index is 1160. The van der Waals surface area contributed by atoms with Crippen molar-refractivity contribution in [3.63, 3.8) is 0 Å². The highest BCUT2D eigenvalue weighted by Crippen LogP contribution is 2.25. The molecule has 4 atom stereocenters. The van der Waals surface area contributed by atoms with Crippen molar-refractivity contribution in [1.82, 2.24) is 26.3 Å². The van der Waals surface area contributed by atoms with Crippen LogP contribution in [0.4, 0.5) is 0 Å². The summed E-state index contributed by atoms with van der Waals surface area (Å²) in [6.07, 6.45) is 1.68. The van der Waals surface area contributed by atoms with Gasteiger partial charge in [0, 0.05) is 11.8 Å². The SMILES string of the molecule is CC(C)C[C@@H]1NC(=O)c2csc(n2)[C@H](CC(C)C)NC(=O)[C@H](CC(C)C)NC(=O)[C@H](Cc2ccccc2)NC1=O. The molecule has 2 heterocycles. The summed E-state index contributed by atoms with van der Waals surface area (Å²) in [7, 11) is 0. The van der Waals surface area contributed by atoms with Crippen molar-refractivity contribution in [1.29, 1.82) is 0 Å². The third-order valence-corrected chi connectivity index (χ3v) is 7.62. The number of rotatable bonds is 8. The number of fused-ring (bicyclic) bond motifs is 2. The molecule has 0 fully saturated rings. The molecule has 0 radical (unpaired) electrons. The van der Waals surface area contributed by atoms with Crippen LogP contribution in [0.15, 0.2) is 35.7 Å². The maximum Gasteiger partial charge on any atom is 0.271 e. The number of benzene rings is 1. The first-order valence-electron chi connectivity index (χ1n) is 14.1. The summed E-state index contributed by atoms with van der Waals surface area (Å²) in [5.41, 5.74) is 1.06. The van der Waals surface area contributed by atoms with Crippen LogP contribution in [0.2, 0.25) is 0 Å². The summed E-state index contributed by atoms with van der Waals surface area (Å²) >= 11 is 1.30. The Kier molecular flexibility index (Phi) is 11.2. The minimum atomic E-state index is -0.939. The number of aromatic nitrogens is 1. The van der Waals surface area contributed by atoms with Crippen molar-refractivity contribution < 1.29 is 19.2 Å². The Morgan fingerprint density at radius 1 is 0.675 bits per heavy atom. The molecule has 1 aliphatic rings. The van der Waals surface area contributed by atoms with Crippen molar-refractivity contribution in [3.05, 3.63) is 52.0 Å². The van der Waals surface area contributed by atoms with Crippen molar-refractivity contribution in [3.8, 4) is 0 Å². The van der Waals surface area contributed by atoms with Crippen LogP contribution in [0.3, 0.4) is 0 Å². The van der Waals surface area contributed by atoms with Gasteiger partial charge in [-0.3, -0.25) is 19.2 Å². The molecule has 0 saturated heterocycles. The number of nitrogens with zero attached hydrogens (tertiary/aromatic N) is 1. The molecule has 1 aliphatic heterocycles. The van der Waals surface area contributed by atoms with Crippen LogP contribution in [0.5, 0.6) is 0 Å². The molecule has 40 heavy (non-hydrogen) atoms. The van der Waals surface area contributed by atoms with Crippen molar-refractivity contribution in [2.24, 2.45) is 17.8 Å². The predicted octanol–water partition coefficient (Wildman–Crippen LogP) is 3.76. The molecular formula is C30H43N5O4S. The first-order chi connectivity index (χ1) is 18.9. The number of nitrogens with one attached hydrogen (secondary N) is 4. The van der Waals surface area contributed by atoms with Gasteiger partial charge >= 0.3 is 0 Å². The Morgan fingerprint density at radius 2 is 1.15 bits per heavy atom. The van der Waals surface area contributed by atoms with Gasteiger partial charge in [-0.25, -0.2) is 4.98 Å². The lowest BCUT2D eigenvalue weighted by Gasteiger charge is -2.27. The van der Waals surface area contributed by atoms with Crippen LogP contribution < -0.4 is 21.3 Å². The van der Waals surface area contributed by atoms with Crippen LogP contribution in [0.1, 0.15) is 87.9 Å². The molecule has 2 bridgehead atoms. The Morgan fingerprint density at radius 3 is 1.73 bits per heavy atom. The van der Waals surface area contributed by atoms with Crippen LogP contribution in [-0.4, -0.2) is 46.7 Å². The lowest BCUT2D eigenvalue weighted by atomic mass is 9.99. The second-order valence-corrected chi connectivity index (χ2v) is 12.7. The summed E-state index contributed by atoms with van der Waals surface area (Å²) in [5.74, 6) is -1.18. The topological polar surface area (TPSA) is 129 Å². The van der Waals surface area contributed by atoms with E-state index in [4.69, 9.17) is 0 Å². The van der Waals surface area contributed by atoms with E-state index >= 15 is 0 Å². The fourth-order valence-electron chi connectivity index (χ4n) is 4.76. The van der Waals surface area contributed by atoms with Crippen LogP contribution in [0, 0.1) is 17.8 Å². The molecule has 0 unspecified atom stereocenters. The lowest BCUT2D eigenvalue weighted by molar-refractivity contribution is -0.133. The third kappa shape index (κ3) is 9.15. The maximum atomic E-state index is 13.7. The second-order valence-electron chi connectivity index (χ2n) is 11.9. The number of carbonyl (C=O) groups is 4. The van der Waals surface area contributed by atoms with E-state index in [1.807, 2.05) is 58.0 Å². The van der Waals surface area contributed by atoms with Gasteiger partial charge in [0.1, 0.15) is 28.8 Å². The van der Waals surface area contributed by atoms with E-state index in [1.165, 1.54) is 11.3 Å². The monoisotopic (exact) mass is 569 g/mol. The quantitative estimate of drug-likeness (QED) is 0.385. The van der Waals surface area contributed by atoms with Crippen LogP contribution >= 0.6 is 11.3 Å². The zero-order chi connectivity index (χ0) is 29.4. The second kappa shape index (κ2) is 14.4. The molecule has 10 heteroatoms. The van der Waals surface area contributed by atoms with Crippen LogP contribution in [-0.2, 0) is 20.8 Å². The lowest BCUT2D eigenvalue weighted by Crippen LogP contribution is -2.57. The molecule has 0 aliphatic carbocycles. The van der Waals surface area contributed by atoms with Crippen LogP contribution in [0.25, 0.3) is 0 Å². The summed E-state index contributed by atoms with van der Waals surface area (Å²) in [5, 5.41) is 14.0. The van der Waals surface area contributed by atoms with Gasteiger partial charge in [-0.1, -0.05) is 71.9 Å². The van der Waals surface area contributed by atoms with E-state index in [-0.39, 0.29) is 35.8 Å². The summed E-state index contributed by atoms with van der Waals surface area (Å²) < 4.78 is 0. The summed E-state index contributed by atoms with van der Waals surface area (Å²) in [6, 6.07) is 6.39. The molecule has 0 saturated carbocycles. The van der Waals surface area contributed by atoms with Gasteiger partial charge in [-0.05, 0) is 42.6 Å². The molecule has 9 nitrogen and oxygen atoms in total. The van der Waals surface area contributed by atoms with E-state index in [9.17, 15) is 19.2 Å². The minimum absolute atomic E-state index is 0.109. The summed E-state index contributed by atoms with van der Waals surface area (Å²) in [4.78, 5) is 58.6. The Balaban J connectivity index is 2.04.